The zero-order valence-electron chi connectivity index (χ0n) is 10.1. The zero-order chi connectivity index (χ0) is 10.3. The van der Waals surface area contributed by atoms with Crippen LogP contribution in [0.1, 0.15) is 12.0 Å². The first kappa shape index (κ1) is 14.8. The average molecular weight is 275 g/mol. The van der Waals surface area contributed by atoms with Crippen LogP contribution in [-0.2, 0) is 6.54 Å². The van der Waals surface area contributed by atoms with Gasteiger partial charge in [0, 0.05) is 31.7 Å². The lowest BCUT2D eigenvalue weighted by atomic mass is 10.2. The predicted octanol–water partition coefficient (Wildman–Crippen LogP) is 2.42. The van der Waals surface area contributed by atoms with E-state index in [4.69, 9.17) is 0 Å². The van der Waals surface area contributed by atoms with E-state index in [-0.39, 0.29) is 24.8 Å². The van der Waals surface area contributed by atoms with Gasteiger partial charge in [-0.15, -0.1) is 24.8 Å². The van der Waals surface area contributed by atoms with Crippen LogP contribution in [0.5, 0.6) is 0 Å². The van der Waals surface area contributed by atoms with Crippen molar-refractivity contribution >= 4 is 24.8 Å². The Bertz CT molecular complexity index is 343. The van der Waals surface area contributed by atoms with E-state index in [0.717, 1.165) is 18.6 Å². The summed E-state index contributed by atoms with van der Waals surface area (Å²) in [5.74, 6) is 0. The standard InChI is InChI=1S/C13H18N2.2ClH/c1-14-9-13-7-12(14)10-15(13)8-11-5-3-2-4-6-11;;/h2-6,12-13H,7-10H2,1H3;2*1H. The van der Waals surface area contributed by atoms with Crippen molar-refractivity contribution in [3.63, 3.8) is 0 Å². The molecule has 2 unspecified atom stereocenters. The minimum Gasteiger partial charge on any atom is -0.301 e. The molecule has 1 aromatic rings. The van der Waals surface area contributed by atoms with Gasteiger partial charge in [-0.2, -0.15) is 0 Å². The molecule has 2 aliphatic heterocycles. The Morgan fingerprint density at radius 2 is 1.76 bits per heavy atom. The molecule has 96 valence electrons. The average Bonchev–Trinajstić information content (AvgIpc) is 2.78. The number of fused-ring (bicyclic) bond motifs is 2. The summed E-state index contributed by atoms with van der Waals surface area (Å²) in [5, 5.41) is 0. The molecule has 0 spiro atoms. The highest BCUT2D eigenvalue weighted by Crippen LogP contribution is 2.30. The molecule has 2 nitrogen and oxygen atoms in total. The first-order valence-corrected chi connectivity index (χ1v) is 5.81. The van der Waals surface area contributed by atoms with E-state index in [1.54, 1.807) is 0 Å². The number of likely N-dealkylation sites (N-methyl/N-ethyl adjacent to an activating group) is 1. The first-order chi connectivity index (χ1) is 7.33. The predicted molar refractivity (Wildman–Crippen MR) is 76.2 cm³/mol. The van der Waals surface area contributed by atoms with Crippen LogP contribution >= 0.6 is 24.8 Å². The van der Waals surface area contributed by atoms with Crippen molar-refractivity contribution < 1.29 is 0 Å². The molecule has 0 aromatic heterocycles. The molecule has 1 aromatic carbocycles. The normalized spacial score (nSPS) is 27.6. The van der Waals surface area contributed by atoms with Crippen LogP contribution in [0.2, 0.25) is 0 Å². The highest BCUT2D eigenvalue weighted by Gasteiger charge is 2.40. The van der Waals surface area contributed by atoms with Gasteiger partial charge in [0.15, 0.2) is 0 Å². The van der Waals surface area contributed by atoms with Crippen molar-refractivity contribution in [2.24, 2.45) is 0 Å². The Labute approximate surface area is 116 Å². The molecule has 2 fully saturated rings. The quantitative estimate of drug-likeness (QED) is 0.818. The Balaban J connectivity index is 0.000000722. The smallest absolute Gasteiger partial charge is 0.0242 e. The van der Waals surface area contributed by atoms with Crippen molar-refractivity contribution in [2.75, 3.05) is 20.1 Å². The lowest BCUT2D eigenvalue weighted by Gasteiger charge is -2.31. The molecule has 2 saturated heterocycles. The number of rotatable bonds is 2. The van der Waals surface area contributed by atoms with E-state index in [0.29, 0.717) is 0 Å². The third kappa shape index (κ3) is 2.94. The molecular formula is C13H20Cl2N2. The van der Waals surface area contributed by atoms with Crippen molar-refractivity contribution in [1.82, 2.24) is 9.80 Å². The number of likely N-dealkylation sites (tertiary alicyclic amines) is 2. The molecule has 17 heavy (non-hydrogen) atoms. The molecule has 2 bridgehead atoms. The van der Waals surface area contributed by atoms with Gasteiger partial charge >= 0.3 is 0 Å². The lowest BCUT2D eigenvalue weighted by Crippen LogP contribution is -2.43. The summed E-state index contributed by atoms with van der Waals surface area (Å²) in [4.78, 5) is 5.14. The van der Waals surface area contributed by atoms with Crippen LogP contribution in [0, 0.1) is 0 Å². The largest absolute Gasteiger partial charge is 0.301 e. The second-order valence-electron chi connectivity index (χ2n) is 4.90. The number of hydrogen-bond donors (Lipinski definition) is 0. The monoisotopic (exact) mass is 274 g/mol. The number of benzene rings is 1. The topological polar surface area (TPSA) is 6.48 Å². The summed E-state index contributed by atoms with van der Waals surface area (Å²) >= 11 is 0. The molecule has 3 rings (SSSR count). The van der Waals surface area contributed by atoms with Crippen LogP contribution in [0.4, 0.5) is 0 Å². The number of nitrogens with zero attached hydrogens (tertiary/aromatic N) is 2. The molecule has 2 atom stereocenters. The minimum absolute atomic E-state index is 0. The summed E-state index contributed by atoms with van der Waals surface area (Å²) in [5.41, 5.74) is 1.45. The second-order valence-corrected chi connectivity index (χ2v) is 4.90. The van der Waals surface area contributed by atoms with Gasteiger partial charge in [0.05, 0.1) is 0 Å². The van der Waals surface area contributed by atoms with E-state index in [1.165, 1.54) is 25.1 Å². The summed E-state index contributed by atoms with van der Waals surface area (Å²) in [6, 6.07) is 12.4. The molecule has 0 aliphatic carbocycles. The van der Waals surface area contributed by atoms with Gasteiger partial charge < -0.3 is 4.90 Å². The van der Waals surface area contributed by atoms with Crippen molar-refractivity contribution in [3.8, 4) is 0 Å². The third-order valence-electron chi connectivity index (χ3n) is 3.86. The van der Waals surface area contributed by atoms with Gasteiger partial charge in [0.2, 0.25) is 0 Å². The Morgan fingerprint density at radius 1 is 1.06 bits per heavy atom. The van der Waals surface area contributed by atoms with Gasteiger partial charge in [0.25, 0.3) is 0 Å². The number of halogens is 2. The van der Waals surface area contributed by atoms with E-state index in [9.17, 15) is 0 Å². The van der Waals surface area contributed by atoms with Gasteiger partial charge in [-0.1, -0.05) is 30.3 Å². The van der Waals surface area contributed by atoms with Crippen molar-refractivity contribution in [3.05, 3.63) is 35.9 Å². The Kier molecular flexibility index (Phi) is 5.26. The van der Waals surface area contributed by atoms with Crippen LogP contribution in [-0.4, -0.2) is 42.0 Å². The van der Waals surface area contributed by atoms with Gasteiger partial charge in [-0.05, 0) is 19.0 Å². The summed E-state index contributed by atoms with van der Waals surface area (Å²) in [7, 11) is 2.25. The SMILES string of the molecule is CN1CC2CC1CN2Cc1ccccc1.Cl.Cl. The van der Waals surface area contributed by atoms with Gasteiger partial charge in [-0.3, -0.25) is 4.90 Å². The summed E-state index contributed by atoms with van der Waals surface area (Å²) < 4.78 is 0. The number of piperazine rings is 1. The van der Waals surface area contributed by atoms with Gasteiger partial charge in [0.1, 0.15) is 0 Å². The molecule has 4 heteroatoms. The van der Waals surface area contributed by atoms with E-state index >= 15 is 0 Å². The van der Waals surface area contributed by atoms with E-state index in [2.05, 4.69) is 47.2 Å². The Morgan fingerprint density at radius 3 is 2.29 bits per heavy atom. The maximum atomic E-state index is 2.64. The summed E-state index contributed by atoms with van der Waals surface area (Å²) in [6.07, 6.45) is 1.38. The number of hydrogen-bond acceptors (Lipinski definition) is 2. The summed E-state index contributed by atoms with van der Waals surface area (Å²) in [6.45, 7) is 3.66. The highest BCUT2D eigenvalue weighted by atomic mass is 35.5. The van der Waals surface area contributed by atoms with E-state index in [1.807, 2.05) is 0 Å². The van der Waals surface area contributed by atoms with Gasteiger partial charge in [-0.25, -0.2) is 0 Å². The zero-order valence-corrected chi connectivity index (χ0v) is 11.7. The fourth-order valence-corrected chi connectivity index (χ4v) is 2.96. The molecule has 0 N–H and O–H groups in total. The maximum absolute atomic E-state index is 2.64. The fourth-order valence-electron chi connectivity index (χ4n) is 2.96. The Hall–Kier alpha value is -0.280. The van der Waals surface area contributed by atoms with Crippen LogP contribution in [0.15, 0.2) is 30.3 Å². The maximum Gasteiger partial charge on any atom is 0.0242 e. The van der Waals surface area contributed by atoms with Crippen molar-refractivity contribution in [2.45, 2.75) is 25.0 Å². The molecular weight excluding hydrogens is 255 g/mol. The lowest BCUT2D eigenvalue weighted by molar-refractivity contribution is 0.143. The molecule has 2 aliphatic rings. The highest BCUT2D eigenvalue weighted by molar-refractivity contribution is 5.85. The van der Waals surface area contributed by atoms with E-state index < -0.39 is 0 Å². The van der Waals surface area contributed by atoms with Crippen LogP contribution < -0.4 is 0 Å². The van der Waals surface area contributed by atoms with Crippen LogP contribution in [0.3, 0.4) is 0 Å². The fraction of sp³-hybridized carbons (Fsp3) is 0.538. The van der Waals surface area contributed by atoms with Crippen molar-refractivity contribution in [1.29, 1.82) is 0 Å². The molecule has 2 heterocycles. The second kappa shape index (κ2) is 6.05. The molecule has 0 amide bonds. The molecule has 0 radical (unpaired) electrons. The first-order valence-electron chi connectivity index (χ1n) is 5.81. The third-order valence-corrected chi connectivity index (χ3v) is 3.86. The molecule has 0 saturated carbocycles. The van der Waals surface area contributed by atoms with Crippen LogP contribution in [0.25, 0.3) is 0 Å². The minimum atomic E-state index is 0.